The molecule has 0 saturated carbocycles. The second kappa shape index (κ2) is 81.1. The van der Waals surface area contributed by atoms with Gasteiger partial charge in [-0.3, -0.25) is 14.0 Å². The lowest BCUT2D eigenvalue weighted by Gasteiger charge is -1.92. The van der Waals surface area contributed by atoms with Gasteiger partial charge in [0.25, 0.3) is 0 Å². The zero-order chi connectivity index (χ0) is 66.0. The molecule has 7 nitrogen and oxygen atoms in total. The Balaban J connectivity index is 0. The maximum absolute atomic E-state index is 10.5. The number of ether oxygens (including phenoxy) is 2. The summed E-state index contributed by atoms with van der Waals surface area (Å²) in [5.41, 5.74) is 0. The van der Waals surface area contributed by atoms with Crippen LogP contribution >= 0.6 is 23.5 Å². The average Bonchev–Trinajstić information content (AvgIpc) is 4.35. The summed E-state index contributed by atoms with van der Waals surface area (Å²) < 4.78 is 20.0. The van der Waals surface area contributed by atoms with Crippen molar-refractivity contribution in [1.82, 2.24) is 10.6 Å². The molecule has 93 heavy (non-hydrogen) atoms. The Bertz CT molecular complexity index is 2520. The van der Waals surface area contributed by atoms with Crippen molar-refractivity contribution < 1.29 is 18.5 Å². The molecule has 492 valence electrons. The maximum atomic E-state index is 10.5. The van der Waals surface area contributed by atoms with Gasteiger partial charge < -0.3 is 20.1 Å². The van der Waals surface area contributed by atoms with Gasteiger partial charge in [-0.15, -0.1) is 36.4 Å². The molecule has 5 aliphatic carbocycles. The number of carbonyl (C=O) groups is 1. The van der Waals surface area contributed by atoms with Gasteiger partial charge in [0.2, 0.25) is 0 Å². The molecule has 2 N–H and O–H groups in total. The van der Waals surface area contributed by atoms with Crippen molar-refractivity contribution in [1.29, 1.82) is 0 Å². The molecule has 0 aromatic rings. The number of nitrogens with zero attached hydrogens (tertiary/aromatic N) is 1. The molecule has 0 aromatic carbocycles. The standard InChI is InChI=1S/C7H8O.C7H10.C7H8.C6H9N.C6H7N.C6H8O.C6H8S.C6H8.C6H2.C5H7N.C5H6OS.C5H6O.C5H6S.C5H6.CH4/c8-7-5-3-1-2-4-6-7;6*1-2-4-6-7-5-3-1;1-2-4-6-5-3-1;1-3-5-6-4-2;1-2-4-6-5-3-1;6-7-4-2-1-3-5-7;2*1-2-4-6-5-3-1;1-2-4-5-3-1;/h1,3-4,6H,2,5H2;1-2,5,7H,3-4,6H2;1-6H,7H2;1,3-4,6-7H,2,5H2;1,3-6H,2H2;2*1,3-4,6H,2,5H2;1-2,5-6H,3-4H2;1-2H;2-6H,1H2;2-5H,1H2;2*2-5H,1H2;1-4H,5H2;1H4. The fourth-order valence-electron chi connectivity index (χ4n) is 6.33. The molecule has 0 unspecified atom stereocenters. The fourth-order valence-corrected chi connectivity index (χ4v) is 8.17. The SMILES string of the molecule is C.C#CC#CC#C.C1=CC=CCC=C1.C1=CCC=C1.C1=CCC=CC1.C1=CCC=CN=C1.C1=CCCC=CC1.C1=CCNC=CC1.C1=CCOC=CC1.C1=CCSC=CC1.C1=CNC=CC1.C1=COC=CC1.C1=CSC=CC1.O=C1C=CCC=CC1.O=S1C=CCC=C1. The quantitative estimate of drug-likeness (QED) is 0.183. The largest absolute Gasteiger partial charge is 0.497 e. The van der Waals surface area contributed by atoms with E-state index in [-0.39, 0.29) is 13.2 Å². The van der Waals surface area contributed by atoms with E-state index in [1.807, 2.05) is 109 Å². The zero-order valence-corrected chi connectivity index (χ0v) is 56.3. The van der Waals surface area contributed by atoms with E-state index in [2.05, 4.69) is 226 Å². The number of thioether (sulfide) groups is 2. The lowest BCUT2D eigenvalue weighted by molar-refractivity contribution is -0.113. The maximum Gasteiger partial charge on any atom is 0.159 e. The number of carbonyl (C=O) groups excluding carboxylic acids is 1. The van der Waals surface area contributed by atoms with Crippen LogP contribution in [0, 0.1) is 36.5 Å². The van der Waals surface area contributed by atoms with E-state index >= 15 is 0 Å². The zero-order valence-electron chi connectivity index (χ0n) is 53.9. The normalized spacial score (nSPS) is 17.2. The summed E-state index contributed by atoms with van der Waals surface area (Å²) in [5.74, 6) is 9.97. The third kappa shape index (κ3) is 81.0. The Labute approximate surface area is 574 Å². The third-order valence-corrected chi connectivity index (χ3v) is 13.2. The Kier molecular flexibility index (Phi) is 75.1. The van der Waals surface area contributed by atoms with E-state index in [4.69, 9.17) is 22.3 Å². The molecule has 13 aliphatic rings. The van der Waals surface area contributed by atoms with Crippen LogP contribution in [0.2, 0.25) is 0 Å². The van der Waals surface area contributed by atoms with Crippen molar-refractivity contribution in [2.24, 2.45) is 4.99 Å². The molecule has 8 heterocycles. The van der Waals surface area contributed by atoms with Crippen LogP contribution in [0.1, 0.15) is 117 Å². The van der Waals surface area contributed by atoms with Gasteiger partial charge in [0.15, 0.2) is 5.78 Å². The van der Waals surface area contributed by atoms with Crippen LogP contribution in [0.25, 0.3) is 0 Å². The summed E-state index contributed by atoms with van der Waals surface area (Å²) in [4.78, 5) is 14.4. The molecule has 0 fully saturated rings. The van der Waals surface area contributed by atoms with Gasteiger partial charge >= 0.3 is 0 Å². The number of hydrogen-bond acceptors (Lipinski definition) is 9. The molecule has 13 rings (SSSR count). The van der Waals surface area contributed by atoms with E-state index in [0.29, 0.717) is 6.42 Å². The molecule has 8 aliphatic heterocycles. The number of rotatable bonds is 0. The predicted octanol–water partition coefficient (Wildman–Crippen LogP) is 22.1. The van der Waals surface area contributed by atoms with Crippen LogP contribution in [-0.4, -0.2) is 35.1 Å². The summed E-state index contributed by atoms with van der Waals surface area (Å²) in [5, 5.41) is 15.7. The topological polar surface area (TPSA) is 89.0 Å². The first-order valence-electron chi connectivity index (χ1n) is 31.3. The molecule has 0 amide bonds. The molecular weight excluding hydrogens is 1200 g/mol. The number of allylic oxidation sites excluding steroid dienone is 39. The van der Waals surface area contributed by atoms with Gasteiger partial charge in [-0.2, -0.15) is 0 Å². The van der Waals surface area contributed by atoms with Gasteiger partial charge in [0.05, 0.1) is 29.6 Å². The minimum atomic E-state index is -0.801. The summed E-state index contributed by atoms with van der Waals surface area (Å²) in [7, 11) is -0.801. The monoisotopic (exact) mass is 1300 g/mol. The highest BCUT2D eigenvalue weighted by atomic mass is 32.2. The van der Waals surface area contributed by atoms with E-state index in [1.165, 1.54) is 12.8 Å². The summed E-state index contributed by atoms with van der Waals surface area (Å²) >= 11 is 3.58. The number of aliphatic imine (C=N–C) groups is 1. The second-order valence-electron chi connectivity index (χ2n) is 18.5. The van der Waals surface area contributed by atoms with Crippen molar-refractivity contribution in [2.45, 2.75) is 117 Å². The molecule has 0 bridgehead atoms. The first kappa shape index (κ1) is 86.1. The second-order valence-corrected chi connectivity index (χ2v) is 21.4. The lowest BCUT2D eigenvalue weighted by atomic mass is 10.2. The third-order valence-electron chi connectivity index (χ3n) is 10.8. The summed E-state index contributed by atoms with van der Waals surface area (Å²) in [6.07, 6.45) is 129. The summed E-state index contributed by atoms with van der Waals surface area (Å²) in [6.45, 7) is 1.72. The van der Waals surface area contributed by atoms with Crippen LogP contribution in [0.4, 0.5) is 0 Å². The smallest absolute Gasteiger partial charge is 0.159 e. The van der Waals surface area contributed by atoms with E-state index in [0.717, 1.165) is 109 Å². The van der Waals surface area contributed by atoms with E-state index in [1.54, 1.807) is 59.9 Å². The number of ketones is 1. The number of hydrogen-bond donors (Lipinski definition) is 2. The Morgan fingerprint density at radius 1 is 0.441 bits per heavy atom. The van der Waals surface area contributed by atoms with Crippen LogP contribution in [0.15, 0.2) is 331 Å². The number of dihydropyridines is 1. The molecule has 0 spiro atoms. The lowest BCUT2D eigenvalue weighted by Crippen LogP contribution is -2.01. The minimum Gasteiger partial charge on any atom is -0.497 e. The Morgan fingerprint density at radius 2 is 0.903 bits per heavy atom. The first-order valence-corrected chi connectivity index (χ1v) is 34.5. The van der Waals surface area contributed by atoms with Crippen LogP contribution in [0.5, 0.6) is 0 Å². The van der Waals surface area contributed by atoms with Crippen molar-refractivity contribution >= 4 is 46.3 Å². The van der Waals surface area contributed by atoms with Crippen molar-refractivity contribution in [3.05, 3.63) is 326 Å². The molecule has 0 radical (unpaired) electrons. The highest BCUT2D eigenvalue weighted by molar-refractivity contribution is 8.04. The van der Waals surface area contributed by atoms with Gasteiger partial charge in [0, 0.05) is 41.9 Å². The molecule has 10 heteroatoms. The Morgan fingerprint density at radius 3 is 1.45 bits per heavy atom. The van der Waals surface area contributed by atoms with Crippen molar-refractivity contribution in [2.75, 3.05) is 18.9 Å². The average molecular weight is 1300 g/mol. The highest BCUT2D eigenvalue weighted by Gasteiger charge is 1.93. The number of terminal acetylenes is 2. The number of nitrogens with one attached hydrogen (secondary N) is 2. The van der Waals surface area contributed by atoms with Crippen molar-refractivity contribution in [3.63, 3.8) is 0 Å². The highest BCUT2D eigenvalue weighted by Crippen LogP contribution is 2.10. The van der Waals surface area contributed by atoms with E-state index in [9.17, 15) is 9.00 Å². The van der Waals surface area contributed by atoms with Gasteiger partial charge in [-0.1, -0.05) is 232 Å². The molecule has 0 saturated heterocycles. The minimum absolute atomic E-state index is 0. The van der Waals surface area contributed by atoms with E-state index < -0.39 is 10.8 Å². The fraction of sp³-hybridized carbons (Fsp3) is 0.253. The predicted molar refractivity (Wildman–Crippen MR) is 417 cm³/mol. The molecule has 0 aromatic heterocycles. The Hall–Kier alpha value is -8.95. The van der Waals surface area contributed by atoms with Gasteiger partial charge in [0.1, 0.15) is 6.61 Å². The molecular formula is C83H103N3O4S3. The first-order chi connectivity index (χ1) is 45.7. The molecule has 0 atom stereocenters. The van der Waals surface area contributed by atoms with Crippen LogP contribution < -0.4 is 10.6 Å². The van der Waals surface area contributed by atoms with Gasteiger partial charge in [-0.05, 0) is 192 Å². The van der Waals surface area contributed by atoms with Gasteiger partial charge in [-0.25, -0.2) is 0 Å². The summed E-state index contributed by atoms with van der Waals surface area (Å²) in [6, 6.07) is 0. The van der Waals surface area contributed by atoms with Crippen LogP contribution in [-0.2, 0) is 25.1 Å². The van der Waals surface area contributed by atoms with Crippen LogP contribution in [0.3, 0.4) is 0 Å². The van der Waals surface area contributed by atoms with Crippen molar-refractivity contribution in [3.8, 4) is 36.5 Å².